The highest BCUT2D eigenvalue weighted by molar-refractivity contribution is 7.84. The van der Waals surface area contributed by atoms with Gasteiger partial charge in [0.1, 0.15) is 0 Å². The molecule has 2 fully saturated rings. The first-order chi connectivity index (χ1) is 8.10. The molecule has 17 heavy (non-hydrogen) atoms. The Morgan fingerprint density at radius 1 is 1.47 bits per heavy atom. The van der Waals surface area contributed by atoms with Crippen LogP contribution in [0.3, 0.4) is 0 Å². The first-order valence-corrected chi connectivity index (χ1v) is 8.52. The molecule has 100 valence electrons. The molecule has 0 aromatic carbocycles. The minimum absolute atomic E-state index is 0.182. The summed E-state index contributed by atoms with van der Waals surface area (Å²) in [5.74, 6) is 0.754. The Bertz CT molecular complexity index is 277. The zero-order valence-corrected chi connectivity index (χ0v) is 11.9. The fourth-order valence-corrected chi connectivity index (χ4v) is 4.14. The number of rotatable bonds is 4. The highest BCUT2D eigenvalue weighted by Crippen LogP contribution is 2.39. The van der Waals surface area contributed by atoms with E-state index in [0.29, 0.717) is 12.1 Å². The van der Waals surface area contributed by atoms with Gasteiger partial charge in [0, 0.05) is 41.5 Å². The third-order valence-corrected chi connectivity index (χ3v) is 4.98. The summed E-state index contributed by atoms with van der Waals surface area (Å²) in [6.45, 7) is 3.03. The number of nitrogens with one attached hydrogen (secondary N) is 1. The van der Waals surface area contributed by atoms with E-state index in [0.717, 1.165) is 25.2 Å². The van der Waals surface area contributed by atoms with Crippen LogP contribution in [0.4, 0.5) is 0 Å². The largest absolute Gasteiger partial charge is 0.375 e. The van der Waals surface area contributed by atoms with Crippen LogP contribution in [0, 0.1) is 0 Å². The molecule has 0 bridgehead atoms. The minimum Gasteiger partial charge on any atom is -0.375 e. The predicted molar refractivity (Wildman–Crippen MR) is 71.7 cm³/mol. The molecule has 0 radical (unpaired) electrons. The van der Waals surface area contributed by atoms with Crippen molar-refractivity contribution in [3.8, 4) is 0 Å². The summed E-state index contributed by atoms with van der Waals surface area (Å²) >= 11 is 0. The van der Waals surface area contributed by atoms with E-state index in [1.807, 2.05) is 0 Å². The topological polar surface area (TPSA) is 38.3 Å². The lowest BCUT2D eigenvalue weighted by Gasteiger charge is -2.39. The van der Waals surface area contributed by atoms with Gasteiger partial charge in [-0.3, -0.25) is 4.21 Å². The fourth-order valence-electron chi connectivity index (χ4n) is 3.34. The second kappa shape index (κ2) is 5.81. The summed E-state index contributed by atoms with van der Waals surface area (Å²) in [5.41, 5.74) is 0.182. The Hall–Kier alpha value is 0.0700. The SMILES string of the molecule is CC(CS(C)=O)NC1CCOC2(CCCC2)C1. The van der Waals surface area contributed by atoms with Crippen LogP contribution in [-0.4, -0.2) is 40.5 Å². The predicted octanol–water partition coefficient (Wildman–Crippen LogP) is 1.83. The van der Waals surface area contributed by atoms with Crippen molar-refractivity contribution in [2.24, 2.45) is 0 Å². The number of hydrogen-bond donors (Lipinski definition) is 1. The van der Waals surface area contributed by atoms with Crippen LogP contribution in [-0.2, 0) is 15.5 Å². The van der Waals surface area contributed by atoms with Crippen LogP contribution in [0.1, 0.15) is 45.4 Å². The van der Waals surface area contributed by atoms with E-state index in [-0.39, 0.29) is 5.60 Å². The second-order valence-electron chi connectivity index (χ2n) is 5.74. The van der Waals surface area contributed by atoms with Crippen LogP contribution >= 0.6 is 0 Å². The van der Waals surface area contributed by atoms with E-state index in [1.54, 1.807) is 6.26 Å². The second-order valence-corrected chi connectivity index (χ2v) is 7.22. The average molecular weight is 259 g/mol. The van der Waals surface area contributed by atoms with E-state index in [4.69, 9.17) is 4.74 Å². The van der Waals surface area contributed by atoms with Crippen molar-refractivity contribution in [1.82, 2.24) is 5.32 Å². The third-order valence-electron chi connectivity index (χ3n) is 4.01. The van der Waals surface area contributed by atoms with Gasteiger partial charge in [0.2, 0.25) is 0 Å². The fraction of sp³-hybridized carbons (Fsp3) is 1.00. The Labute approximate surface area is 107 Å². The van der Waals surface area contributed by atoms with Crippen molar-refractivity contribution in [2.75, 3.05) is 18.6 Å². The molecule has 0 amide bonds. The highest BCUT2D eigenvalue weighted by atomic mass is 32.2. The average Bonchev–Trinajstić information content (AvgIpc) is 2.64. The molecular weight excluding hydrogens is 234 g/mol. The number of ether oxygens (including phenoxy) is 1. The van der Waals surface area contributed by atoms with E-state index in [9.17, 15) is 4.21 Å². The molecule has 2 aliphatic rings. The molecule has 3 nitrogen and oxygen atoms in total. The Balaban J connectivity index is 1.83. The summed E-state index contributed by atoms with van der Waals surface area (Å²) in [5, 5.41) is 3.63. The van der Waals surface area contributed by atoms with Crippen LogP contribution in [0.5, 0.6) is 0 Å². The highest BCUT2D eigenvalue weighted by Gasteiger charge is 2.39. The molecule has 1 saturated carbocycles. The van der Waals surface area contributed by atoms with Gasteiger partial charge in [-0.05, 0) is 32.6 Å². The summed E-state index contributed by atoms with van der Waals surface area (Å²) in [7, 11) is -0.704. The summed E-state index contributed by atoms with van der Waals surface area (Å²) in [6, 6.07) is 0.905. The quantitative estimate of drug-likeness (QED) is 0.837. The maximum Gasteiger partial charge on any atom is 0.0697 e. The molecule has 1 aliphatic carbocycles. The third kappa shape index (κ3) is 3.76. The molecular formula is C13H25NO2S. The zero-order chi connectivity index (χ0) is 12.3. The van der Waals surface area contributed by atoms with E-state index in [1.165, 1.54) is 25.7 Å². The summed E-state index contributed by atoms with van der Waals surface area (Å²) < 4.78 is 17.2. The Morgan fingerprint density at radius 2 is 2.18 bits per heavy atom. The van der Waals surface area contributed by atoms with Gasteiger partial charge in [-0.2, -0.15) is 0 Å². The van der Waals surface area contributed by atoms with Gasteiger partial charge in [0.05, 0.1) is 5.60 Å². The Kier molecular flexibility index (Phi) is 4.61. The van der Waals surface area contributed by atoms with Gasteiger partial charge < -0.3 is 10.1 Å². The smallest absolute Gasteiger partial charge is 0.0697 e. The van der Waals surface area contributed by atoms with E-state index >= 15 is 0 Å². The molecule has 2 rings (SSSR count). The standard InChI is InChI=1S/C13H25NO2S/c1-11(10-17(2)15)14-12-5-8-16-13(9-12)6-3-4-7-13/h11-12,14H,3-10H2,1-2H3. The Morgan fingerprint density at radius 3 is 2.82 bits per heavy atom. The molecule has 0 aromatic heterocycles. The molecule has 4 heteroatoms. The van der Waals surface area contributed by atoms with Crippen molar-refractivity contribution >= 4 is 10.8 Å². The minimum atomic E-state index is -0.704. The van der Waals surface area contributed by atoms with Crippen molar-refractivity contribution in [3.63, 3.8) is 0 Å². The van der Waals surface area contributed by atoms with Crippen molar-refractivity contribution < 1.29 is 8.95 Å². The monoisotopic (exact) mass is 259 g/mol. The lowest BCUT2D eigenvalue weighted by molar-refractivity contribution is -0.0842. The van der Waals surface area contributed by atoms with Crippen LogP contribution in [0.25, 0.3) is 0 Å². The van der Waals surface area contributed by atoms with Gasteiger partial charge in [-0.1, -0.05) is 12.8 Å². The number of hydrogen-bond acceptors (Lipinski definition) is 3. The molecule has 1 N–H and O–H groups in total. The van der Waals surface area contributed by atoms with Crippen molar-refractivity contribution in [2.45, 2.75) is 63.1 Å². The lowest BCUT2D eigenvalue weighted by atomic mass is 9.88. The van der Waals surface area contributed by atoms with Crippen molar-refractivity contribution in [3.05, 3.63) is 0 Å². The zero-order valence-electron chi connectivity index (χ0n) is 11.0. The van der Waals surface area contributed by atoms with Crippen LogP contribution in [0.2, 0.25) is 0 Å². The lowest BCUT2D eigenvalue weighted by Crippen LogP contribution is -2.49. The van der Waals surface area contributed by atoms with Crippen LogP contribution in [0.15, 0.2) is 0 Å². The molecule has 3 atom stereocenters. The molecule has 3 unspecified atom stereocenters. The summed E-state index contributed by atoms with van der Waals surface area (Å²) in [4.78, 5) is 0. The first kappa shape index (κ1) is 13.5. The molecule has 1 saturated heterocycles. The molecule has 1 heterocycles. The van der Waals surface area contributed by atoms with Gasteiger partial charge in [-0.15, -0.1) is 0 Å². The maximum atomic E-state index is 11.2. The molecule has 0 aromatic rings. The normalized spacial score (nSPS) is 31.5. The van der Waals surface area contributed by atoms with Gasteiger partial charge >= 0.3 is 0 Å². The van der Waals surface area contributed by atoms with E-state index < -0.39 is 10.8 Å². The van der Waals surface area contributed by atoms with E-state index in [2.05, 4.69) is 12.2 Å². The maximum absolute atomic E-state index is 11.2. The van der Waals surface area contributed by atoms with Gasteiger partial charge in [-0.25, -0.2) is 0 Å². The van der Waals surface area contributed by atoms with Crippen LogP contribution < -0.4 is 5.32 Å². The molecule has 1 aliphatic heterocycles. The first-order valence-electron chi connectivity index (χ1n) is 6.80. The van der Waals surface area contributed by atoms with Crippen molar-refractivity contribution in [1.29, 1.82) is 0 Å². The van der Waals surface area contributed by atoms with Gasteiger partial charge in [0.25, 0.3) is 0 Å². The molecule has 1 spiro atoms. The summed E-state index contributed by atoms with van der Waals surface area (Å²) in [6.07, 6.45) is 9.14. The van der Waals surface area contributed by atoms with Gasteiger partial charge in [0.15, 0.2) is 0 Å².